The quantitative estimate of drug-likeness (QED) is 0.700. The minimum atomic E-state index is -3.63. The Kier molecular flexibility index (Phi) is 7.79. The molecule has 1 aliphatic carbocycles. The van der Waals surface area contributed by atoms with Gasteiger partial charge in [0.2, 0.25) is 10.0 Å². The number of carbonyl (C=O) groups excluding carboxylic acids is 1. The Hall–Kier alpha value is -1.35. The number of benzene rings is 1. The summed E-state index contributed by atoms with van der Waals surface area (Å²) in [6, 6.07) is 4.35. The second-order valence-corrected chi connectivity index (χ2v) is 9.77. The summed E-state index contributed by atoms with van der Waals surface area (Å²) < 4.78 is 33.6. The summed E-state index contributed by atoms with van der Waals surface area (Å²) in [5.41, 5.74) is 0. The zero-order chi connectivity index (χ0) is 20.9. The molecule has 1 aromatic carbocycles. The molecule has 0 atom stereocenters. The molecule has 1 saturated carbocycles. The van der Waals surface area contributed by atoms with Crippen LogP contribution in [0.15, 0.2) is 23.1 Å². The molecule has 1 aliphatic heterocycles. The second-order valence-electron chi connectivity index (χ2n) is 7.65. The fraction of sp³-hybridized carbons (Fsp3) is 0.650. The fourth-order valence-electron chi connectivity index (χ4n) is 3.82. The van der Waals surface area contributed by atoms with Gasteiger partial charge in [0.15, 0.2) is 6.61 Å². The smallest absolute Gasteiger partial charge is 0.260 e. The highest BCUT2D eigenvalue weighted by Gasteiger charge is 2.24. The molecule has 0 bridgehead atoms. The van der Waals surface area contributed by atoms with Gasteiger partial charge in [-0.2, -0.15) is 0 Å². The standard InChI is InChI=1S/C20H30ClN3O4S/c1-2-23-10-12-24(13-11-23)20(25)15-28-19-9-8-17(14-18(19)21)29(26,27)22-16-6-4-3-5-7-16/h8-9,14,16,22H,2-7,10-13,15H2,1H3. The molecule has 3 rings (SSSR count). The van der Waals surface area contributed by atoms with Gasteiger partial charge in [-0.05, 0) is 37.6 Å². The van der Waals surface area contributed by atoms with Crippen LogP contribution in [0.25, 0.3) is 0 Å². The van der Waals surface area contributed by atoms with Crippen molar-refractivity contribution in [3.8, 4) is 5.75 Å². The maximum absolute atomic E-state index is 12.6. The number of nitrogens with zero attached hydrogens (tertiary/aromatic N) is 2. The van der Waals surface area contributed by atoms with E-state index in [-0.39, 0.29) is 28.5 Å². The second kappa shape index (κ2) is 10.1. The van der Waals surface area contributed by atoms with Gasteiger partial charge in [0.25, 0.3) is 5.91 Å². The van der Waals surface area contributed by atoms with Crippen LogP contribution in [0.3, 0.4) is 0 Å². The normalized spacial score (nSPS) is 19.3. The van der Waals surface area contributed by atoms with Crippen LogP contribution in [-0.4, -0.2) is 69.5 Å². The molecule has 29 heavy (non-hydrogen) atoms. The number of ether oxygens (including phenoxy) is 1. The summed E-state index contributed by atoms with van der Waals surface area (Å²) in [6.07, 6.45) is 4.97. The number of sulfonamides is 1. The number of piperazine rings is 1. The van der Waals surface area contributed by atoms with Gasteiger partial charge in [-0.3, -0.25) is 4.79 Å². The lowest BCUT2D eigenvalue weighted by Gasteiger charge is -2.33. The van der Waals surface area contributed by atoms with Crippen molar-refractivity contribution in [3.63, 3.8) is 0 Å². The van der Waals surface area contributed by atoms with E-state index in [2.05, 4.69) is 16.5 Å². The van der Waals surface area contributed by atoms with E-state index >= 15 is 0 Å². The van der Waals surface area contributed by atoms with E-state index in [1.165, 1.54) is 18.2 Å². The van der Waals surface area contributed by atoms with Gasteiger partial charge < -0.3 is 14.5 Å². The van der Waals surface area contributed by atoms with Crippen molar-refractivity contribution in [1.29, 1.82) is 0 Å². The lowest BCUT2D eigenvalue weighted by atomic mass is 9.96. The van der Waals surface area contributed by atoms with E-state index in [1.807, 2.05) is 0 Å². The van der Waals surface area contributed by atoms with Crippen molar-refractivity contribution in [1.82, 2.24) is 14.5 Å². The number of nitrogens with one attached hydrogen (secondary N) is 1. The summed E-state index contributed by atoms with van der Waals surface area (Å²) in [7, 11) is -3.63. The average molecular weight is 444 g/mol. The van der Waals surface area contributed by atoms with Crippen molar-refractivity contribution in [2.75, 3.05) is 39.3 Å². The Morgan fingerprint density at radius 2 is 1.86 bits per heavy atom. The van der Waals surface area contributed by atoms with Crippen molar-refractivity contribution >= 4 is 27.5 Å². The average Bonchev–Trinajstić information content (AvgIpc) is 2.73. The van der Waals surface area contributed by atoms with Crippen LogP contribution in [0.1, 0.15) is 39.0 Å². The molecule has 2 aliphatic rings. The molecule has 1 aromatic rings. The lowest BCUT2D eigenvalue weighted by molar-refractivity contribution is -0.135. The molecule has 2 fully saturated rings. The Bertz CT molecular complexity index is 804. The Morgan fingerprint density at radius 3 is 2.48 bits per heavy atom. The lowest BCUT2D eigenvalue weighted by Crippen LogP contribution is -2.49. The van der Waals surface area contributed by atoms with Crippen molar-refractivity contribution in [3.05, 3.63) is 23.2 Å². The molecule has 7 nitrogen and oxygen atoms in total. The monoisotopic (exact) mass is 443 g/mol. The van der Waals surface area contributed by atoms with Crippen molar-refractivity contribution in [2.45, 2.75) is 50.0 Å². The number of amides is 1. The number of hydrogen-bond donors (Lipinski definition) is 1. The molecule has 162 valence electrons. The maximum Gasteiger partial charge on any atom is 0.260 e. The van der Waals surface area contributed by atoms with Crippen LogP contribution in [0.2, 0.25) is 5.02 Å². The molecular weight excluding hydrogens is 414 g/mol. The van der Waals surface area contributed by atoms with Crippen LogP contribution in [0.5, 0.6) is 5.75 Å². The molecule has 1 heterocycles. The highest BCUT2D eigenvalue weighted by atomic mass is 35.5. The highest BCUT2D eigenvalue weighted by Crippen LogP contribution is 2.28. The molecule has 1 N–H and O–H groups in total. The van der Waals surface area contributed by atoms with E-state index in [0.29, 0.717) is 18.8 Å². The third-order valence-electron chi connectivity index (χ3n) is 5.66. The van der Waals surface area contributed by atoms with Crippen LogP contribution in [-0.2, 0) is 14.8 Å². The largest absolute Gasteiger partial charge is 0.482 e. The number of halogens is 1. The predicted octanol–water partition coefficient (Wildman–Crippen LogP) is 2.49. The third kappa shape index (κ3) is 6.07. The van der Waals surface area contributed by atoms with Gasteiger partial charge in [0.05, 0.1) is 9.92 Å². The number of likely N-dealkylation sites (N-methyl/N-ethyl adjacent to an activating group) is 1. The molecular formula is C20H30ClN3O4S. The van der Waals surface area contributed by atoms with Gasteiger partial charge in [0.1, 0.15) is 5.75 Å². The van der Waals surface area contributed by atoms with Crippen LogP contribution in [0, 0.1) is 0 Å². The third-order valence-corrected chi connectivity index (χ3v) is 7.48. The number of rotatable bonds is 7. The predicted molar refractivity (Wildman–Crippen MR) is 113 cm³/mol. The zero-order valence-corrected chi connectivity index (χ0v) is 18.5. The maximum atomic E-state index is 12.6. The first kappa shape index (κ1) is 22.3. The van der Waals surface area contributed by atoms with E-state index in [4.69, 9.17) is 16.3 Å². The molecule has 0 spiro atoms. The summed E-state index contributed by atoms with van der Waals surface area (Å²) in [6.45, 7) is 6.09. The number of carbonyl (C=O) groups is 1. The summed E-state index contributed by atoms with van der Waals surface area (Å²) in [4.78, 5) is 16.6. The Balaban J connectivity index is 1.55. The molecule has 9 heteroatoms. The topological polar surface area (TPSA) is 79.0 Å². The van der Waals surface area contributed by atoms with E-state index in [0.717, 1.165) is 51.7 Å². The SMILES string of the molecule is CCN1CCN(C(=O)COc2ccc(S(=O)(=O)NC3CCCCC3)cc2Cl)CC1. The fourth-order valence-corrected chi connectivity index (χ4v) is 5.45. The van der Waals surface area contributed by atoms with E-state index < -0.39 is 10.0 Å². The summed E-state index contributed by atoms with van der Waals surface area (Å²) in [5.74, 6) is 0.219. The molecule has 0 aromatic heterocycles. The first-order chi connectivity index (χ1) is 13.9. The van der Waals surface area contributed by atoms with Gasteiger partial charge in [-0.1, -0.05) is 37.8 Å². The molecule has 1 amide bonds. The van der Waals surface area contributed by atoms with E-state index in [9.17, 15) is 13.2 Å². The van der Waals surface area contributed by atoms with Gasteiger partial charge >= 0.3 is 0 Å². The van der Waals surface area contributed by atoms with Gasteiger partial charge in [-0.25, -0.2) is 13.1 Å². The molecule has 1 saturated heterocycles. The first-order valence-corrected chi connectivity index (χ1v) is 12.2. The molecule has 0 unspecified atom stereocenters. The zero-order valence-electron chi connectivity index (χ0n) is 16.9. The summed E-state index contributed by atoms with van der Waals surface area (Å²) in [5, 5.41) is 0.181. The highest BCUT2D eigenvalue weighted by molar-refractivity contribution is 7.89. The van der Waals surface area contributed by atoms with Gasteiger partial charge in [-0.15, -0.1) is 0 Å². The number of hydrogen-bond acceptors (Lipinski definition) is 5. The van der Waals surface area contributed by atoms with Crippen molar-refractivity contribution in [2.24, 2.45) is 0 Å². The minimum absolute atomic E-state index is 0.0192. The Morgan fingerprint density at radius 1 is 1.17 bits per heavy atom. The minimum Gasteiger partial charge on any atom is -0.482 e. The van der Waals surface area contributed by atoms with E-state index in [1.54, 1.807) is 4.90 Å². The van der Waals surface area contributed by atoms with Crippen LogP contribution >= 0.6 is 11.6 Å². The van der Waals surface area contributed by atoms with Crippen LogP contribution < -0.4 is 9.46 Å². The van der Waals surface area contributed by atoms with Crippen molar-refractivity contribution < 1.29 is 17.9 Å². The Labute approximate surface area is 178 Å². The summed E-state index contributed by atoms with van der Waals surface area (Å²) >= 11 is 6.24. The first-order valence-electron chi connectivity index (χ1n) is 10.3. The van der Waals surface area contributed by atoms with Crippen LogP contribution in [0.4, 0.5) is 0 Å². The van der Waals surface area contributed by atoms with Gasteiger partial charge in [0, 0.05) is 32.2 Å². The molecule has 0 radical (unpaired) electrons.